The van der Waals surface area contributed by atoms with Crippen LogP contribution in [0.15, 0.2) is 16.4 Å². The molecule has 200 valence electrons. The summed E-state index contributed by atoms with van der Waals surface area (Å²) in [5.41, 5.74) is 4.34. The Labute approximate surface area is 218 Å². The van der Waals surface area contributed by atoms with Crippen LogP contribution in [-0.2, 0) is 38.3 Å². The number of fused-ring (bicyclic) bond motifs is 1. The quantitative estimate of drug-likeness (QED) is 0.151. The first-order chi connectivity index (χ1) is 17.3. The lowest BCUT2D eigenvalue weighted by molar-refractivity contribution is -0.160. The number of carboxylic acids is 1. The van der Waals surface area contributed by atoms with Gasteiger partial charge in [0.2, 0.25) is 18.1 Å². The Morgan fingerprint density at radius 3 is 2.57 bits per heavy atom. The average Bonchev–Trinajstić information content (AvgIpc) is 3.22. The Hall–Kier alpha value is -3.73. The van der Waals surface area contributed by atoms with Gasteiger partial charge in [0.05, 0.1) is 0 Å². The van der Waals surface area contributed by atoms with Crippen molar-refractivity contribution >= 4 is 63.9 Å². The largest absolute Gasteiger partial charge is 0.477 e. The number of hydrogen-bond acceptors (Lipinski definition) is 14. The molecular weight excluding hydrogens is 532 g/mol. The van der Waals surface area contributed by atoms with E-state index in [-0.39, 0.29) is 34.6 Å². The Balaban J connectivity index is 1.75. The predicted octanol–water partition coefficient (Wildman–Crippen LogP) is -0.516. The molecule has 2 aliphatic heterocycles. The van der Waals surface area contributed by atoms with Gasteiger partial charge in [0.1, 0.15) is 29.3 Å². The number of nitrogens with zero attached hydrogens (tertiary/aromatic N) is 4. The van der Waals surface area contributed by atoms with Crippen molar-refractivity contribution in [3.05, 3.63) is 17.1 Å². The number of anilines is 1. The summed E-state index contributed by atoms with van der Waals surface area (Å²) in [6, 6.07) is -1.10. The molecule has 2 amide bonds. The molecule has 0 unspecified atom stereocenters. The number of aliphatic carboxylic acids is 1. The molecule has 0 aliphatic carbocycles. The minimum Gasteiger partial charge on any atom is -0.477 e. The van der Waals surface area contributed by atoms with E-state index in [1.54, 1.807) is 20.8 Å². The van der Waals surface area contributed by atoms with E-state index in [0.29, 0.717) is 0 Å². The van der Waals surface area contributed by atoms with Gasteiger partial charge in [0, 0.05) is 29.8 Å². The fraction of sp³-hybridized carbons (Fsp3) is 0.500. The van der Waals surface area contributed by atoms with E-state index in [1.807, 2.05) is 0 Å². The van der Waals surface area contributed by atoms with E-state index in [1.165, 1.54) is 18.7 Å². The van der Waals surface area contributed by atoms with Gasteiger partial charge >= 0.3 is 17.9 Å². The van der Waals surface area contributed by atoms with Gasteiger partial charge in [0.15, 0.2) is 5.13 Å². The summed E-state index contributed by atoms with van der Waals surface area (Å²) in [6.45, 7) is 5.30. The van der Waals surface area contributed by atoms with E-state index < -0.39 is 59.1 Å². The number of aromatic nitrogens is 2. The molecule has 37 heavy (non-hydrogen) atoms. The first-order valence-corrected chi connectivity index (χ1v) is 12.5. The SMILES string of the molecule is CC(=O)OCC1=C(C(=O)O)N2C(=O)[C@@H](NC(=O)C(=NOCC(=O)OC(C)(C)C)c3nsc(N)n3)[C@H]2SC1. The second kappa shape index (κ2) is 11.1. The molecule has 0 saturated carbocycles. The minimum absolute atomic E-state index is 0.0351. The number of amides is 2. The smallest absolute Gasteiger partial charge is 0.352 e. The van der Waals surface area contributed by atoms with Gasteiger partial charge in [-0.2, -0.15) is 9.36 Å². The molecule has 3 rings (SSSR count). The van der Waals surface area contributed by atoms with Crippen LogP contribution in [0.1, 0.15) is 33.5 Å². The Morgan fingerprint density at radius 2 is 2.00 bits per heavy atom. The summed E-state index contributed by atoms with van der Waals surface area (Å²) in [6.07, 6.45) is 0. The number of carbonyl (C=O) groups is 5. The van der Waals surface area contributed by atoms with Crippen molar-refractivity contribution in [3.8, 4) is 0 Å². The van der Waals surface area contributed by atoms with Crippen LogP contribution < -0.4 is 11.1 Å². The molecule has 0 spiro atoms. The highest BCUT2D eigenvalue weighted by Gasteiger charge is 2.54. The zero-order valence-corrected chi connectivity index (χ0v) is 21.8. The Morgan fingerprint density at radius 1 is 1.30 bits per heavy atom. The normalized spacial score (nSPS) is 19.5. The van der Waals surface area contributed by atoms with Crippen LogP contribution in [-0.4, -0.2) is 90.8 Å². The highest BCUT2D eigenvalue weighted by atomic mass is 32.2. The third kappa shape index (κ3) is 6.73. The lowest BCUT2D eigenvalue weighted by atomic mass is 10.0. The summed E-state index contributed by atoms with van der Waals surface area (Å²) in [4.78, 5) is 70.6. The standard InChI is InChI=1S/C20H24N6O9S2/c1-8(27)33-5-9-7-36-17-12(16(30)26(17)13(9)18(31)32)22-15(29)11(14-23-19(21)37-25-14)24-34-6-10(28)35-20(2,3)4/h12,17H,5-7H2,1-4H3,(H,22,29)(H,31,32)(H2,21,23,25)/t12-,17-/m1/s1. The lowest BCUT2D eigenvalue weighted by Crippen LogP contribution is -2.71. The molecule has 0 bridgehead atoms. The summed E-state index contributed by atoms with van der Waals surface area (Å²) >= 11 is 1.97. The average molecular weight is 557 g/mol. The topological polar surface area (TPSA) is 213 Å². The third-order valence-electron chi connectivity index (χ3n) is 4.61. The number of β-lactam (4-membered cyclic amide) rings is 1. The molecule has 4 N–H and O–H groups in total. The van der Waals surface area contributed by atoms with E-state index in [0.717, 1.165) is 16.4 Å². The Kier molecular flexibility index (Phi) is 8.37. The molecule has 1 fully saturated rings. The van der Waals surface area contributed by atoms with Crippen LogP contribution in [0.3, 0.4) is 0 Å². The van der Waals surface area contributed by atoms with Gasteiger partial charge < -0.3 is 30.5 Å². The number of ether oxygens (including phenoxy) is 2. The minimum atomic E-state index is -1.37. The summed E-state index contributed by atoms with van der Waals surface area (Å²) in [7, 11) is 0. The summed E-state index contributed by atoms with van der Waals surface area (Å²) < 4.78 is 13.9. The molecule has 1 saturated heterocycles. The van der Waals surface area contributed by atoms with Gasteiger partial charge in [-0.05, 0) is 20.8 Å². The monoisotopic (exact) mass is 556 g/mol. The maximum Gasteiger partial charge on any atom is 0.352 e. The van der Waals surface area contributed by atoms with Crippen molar-refractivity contribution in [3.63, 3.8) is 0 Å². The lowest BCUT2D eigenvalue weighted by Gasteiger charge is -2.49. The molecule has 2 atom stereocenters. The van der Waals surface area contributed by atoms with E-state index >= 15 is 0 Å². The molecule has 1 aromatic rings. The molecule has 0 aromatic carbocycles. The number of hydrogen-bond donors (Lipinski definition) is 3. The van der Waals surface area contributed by atoms with Crippen molar-refractivity contribution in [1.82, 2.24) is 19.6 Å². The second-order valence-electron chi connectivity index (χ2n) is 8.65. The summed E-state index contributed by atoms with van der Waals surface area (Å²) in [5, 5.41) is 15.1. The van der Waals surface area contributed by atoms with Crippen LogP contribution in [0.4, 0.5) is 5.13 Å². The number of carboxylic acid groups (broad SMARTS) is 1. The van der Waals surface area contributed by atoms with Gasteiger partial charge in [-0.3, -0.25) is 19.3 Å². The van der Waals surface area contributed by atoms with E-state index in [4.69, 9.17) is 20.0 Å². The predicted molar refractivity (Wildman–Crippen MR) is 129 cm³/mol. The van der Waals surface area contributed by atoms with Crippen molar-refractivity contribution in [1.29, 1.82) is 0 Å². The molecule has 0 radical (unpaired) electrons. The fourth-order valence-electron chi connectivity index (χ4n) is 3.23. The van der Waals surface area contributed by atoms with E-state index in [9.17, 15) is 29.1 Å². The molecule has 2 aliphatic rings. The fourth-order valence-corrected chi connectivity index (χ4v) is 4.99. The highest BCUT2D eigenvalue weighted by molar-refractivity contribution is 8.00. The van der Waals surface area contributed by atoms with Gasteiger partial charge in [-0.1, -0.05) is 5.16 Å². The molecule has 1 aromatic heterocycles. The highest BCUT2D eigenvalue weighted by Crippen LogP contribution is 2.40. The second-order valence-corrected chi connectivity index (χ2v) is 10.5. The first kappa shape index (κ1) is 27.9. The number of nitrogens with one attached hydrogen (secondary N) is 1. The molecule has 15 nitrogen and oxygen atoms in total. The Bertz CT molecular complexity index is 1190. The number of thioether (sulfide) groups is 1. The van der Waals surface area contributed by atoms with E-state index in [2.05, 4.69) is 19.8 Å². The maximum absolute atomic E-state index is 13.0. The number of carbonyl (C=O) groups excluding carboxylic acids is 4. The van der Waals surface area contributed by atoms with Crippen molar-refractivity contribution < 1.29 is 43.4 Å². The molecular formula is C20H24N6O9S2. The van der Waals surface area contributed by atoms with Gasteiger partial charge in [0.25, 0.3) is 11.8 Å². The van der Waals surface area contributed by atoms with Crippen LogP contribution >= 0.6 is 23.3 Å². The number of nitrogen functional groups attached to an aromatic ring is 1. The van der Waals surface area contributed by atoms with Crippen molar-refractivity contribution in [2.45, 2.75) is 44.7 Å². The zero-order valence-electron chi connectivity index (χ0n) is 20.2. The van der Waals surface area contributed by atoms with Crippen molar-refractivity contribution in [2.24, 2.45) is 5.16 Å². The first-order valence-electron chi connectivity index (χ1n) is 10.6. The van der Waals surface area contributed by atoms with Gasteiger partial charge in [-0.25, -0.2) is 9.59 Å². The maximum atomic E-state index is 13.0. The van der Waals surface area contributed by atoms with Gasteiger partial charge in [-0.15, -0.1) is 11.8 Å². The number of rotatable bonds is 9. The van der Waals surface area contributed by atoms with Crippen molar-refractivity contribution in [2.75, 3.05) is 24.7 Å². The third-order valence-corrected chi connectivity index (χ3v) is 6.50. The number of esters is 2. The zero-order chi connectivity index (χ0) is 27.5. The number of nitrogens with two attached hydrogens (primary N) is 1. The van der Waals surface area contributed by atoms with Crippen LogP contribution in [0, 0.1) is 0 Å². The molecule has 17 heteroatoms. The number of oxime groups is 1. The molecule has 3 heterocycles. The summed E-state index contributed by atoms with van der Waals surface area (Å²) in [5.74, 6) is -4.34. The van der Waals surface area contributed by atoms with Crippen LogP contribution in [0.2, 0.25) is 0 Å². The van der Waals surface area contributed by atoms with Crippen LogP contribution in [0.25, 0.3) is 0 Å². The van der Waals surface area contributed by atoms with Crippen LogP contribution in [0.5, 0.6) is 0 Å².